The second-order valence-electron chi connectivity index (χ2n) is 4.54. The maximum absolute atomic E-state index is 11.1. The van der Waals surface area contributed by atoms with Crippen molar-refractivity contribution in [1.82, 2.24) is 4.90 Å². The standard InChI is InChI=1S/C10H22N2O3S/c1-12(4-6-16(2,13)14)10(7-11)9-3-5-15-8-9/h9-10H,3-8,11H2,1-2H3. The molecule has 0 spiro atoms. The quantitative estimate of drug-likeness (QED) is 0.676. The lowest BCUT2D eigenvalue weighted by molar-refractivity contribution is 0.144. The summed E-state index contributed by atoms with van der Waals surface area (Å²) in [6, 6.07) is 0.226. The largest absolute Gasteiger partial charge is 0.381 e. The van der Waals surface area contributed by atoms with E-state index in [2.05, 4.69) is 0 Å². The van der Waals surface area contributed by atoms with Gasteiger partial charge in [0.1, 0.15) is 9.84 Å². The summed E-state index contributed by atoms with van der Waals surface area (Å²) >= 11 is 0. The van der Waals surface area contributed by atoms with Crippen LogP contribution in [-0.2, 0) is 14.6 Å². The number of rotatable bonds is 6. The van der Waals surface area contributed by atoms with Crippen LogP contribution >= 0.6 is 0 Å². The highest BCUT2D eigenvalue weighted by Gasteiger charge is 2.27. The minimum atomic E-state index is -2.90. The summed E-state index contributed by atoms with van der Waals surface area (Å²) in [5, 5.41) is 0. The average molecular weight is 250 g/mol. The average Bonchev–Trinajstić information content (AvgIpc) is 2.68. The molecule has 16 heavy (non-hydrogen) atoms. The van der Waals surface area contributed by atoms with E-state index in [0.29, 0.717) is 19.0 Å². The summed E-state index contributed by atoms with van der Waals surface area (Å²) in [6.45, 7) is 2.62. The molecule has 1 fully saturated rings. The van der Waals surface area contributed by atoms with E-state index in [0.717, 1.165) is 19.6 Å². The molecular weight excluding hydrogens is 228 g/mol. The fourth-order valence-electron chi connectivity index (χ4n) is 2.06. The molecule has 0 aromatic carbocycles. The lowest BCUT2D eigenvalue weighted by atomic mass is 9.98. The van der Waals surface area contributed by atoms with E-state index in [4.69, 9.17) is 10.5 Å². The van der Waals surface area contributed by atoms with Gasteiger partial charge in [0, 0.05) is 37.9 Å². The van der Waals surface area contributed by atoms with Crippen molar-refractivity contribution in [3.8, 4) is 0 Å². The van der Waals surface area contributed by atoms with Gasteiger partial charge in [0.05, 0.1) is 12.4 Å². The van der Waals surface area contributed by atoms with Gasteiger partial charge in [-0.2, -0.15) is 0 Å². The van der Waals surface area contributed by atoms with E-state index in [-0.39, 0.29) is 11.8 Å². The summed E-state index contributed by atoms with van der Waals surface area (Å²) in [5.41, 5.74) is 5.75. The highest BCUT2D eigenvalue weighted by atomic mass is 32.2. The summed E-state index contributed by atoms with van der Waals surface area (Å²) in [5.74, 6) is 0.627. The highest BCUT2D eigenvalue weighted by molar-refractivity contribution is 7.90. The molecule has 1 aliphatic heterocycles. The summed E-state index contributed by atoms with van der Waals surface area (Å²) in [6.07, 6.45) is 2.28. The number of hydrogen-bond acceptors (Lipinski definition) is 5. The third kappa shape index (κ3) is 4.37. The lowest BCUT2D eigenvalue weighted by Gasteiger charge is -2.30. The first-order valence-corrected chi connectivity index (χ1v) is 7.66. The number of nitrogens with zero attached hydrogens (tertiary/aromatic N) is 1. The molecule has 2 atom stereocenters. The van der Waals surface area contributed by atoms with E-state index in [1.165, 1.54) is 6.26 Å². The van der Waals surface area contributed by atoms with Crippen LogP contribution in [0.15, 0.2) is 0 Å². The molecule has 1 saturated heterocycles. The first-order valence-electron chi connectivity index (χ1n) is 5.60. The van der Waals surface area contributed by atoms with Gasteiger partial charge in [0.15, 0.2) is 0 Å². The van der Waals surface area contributed by atoms with Crippen molar-refractivity contribution in [1.29, 1.82) is 0 Å². The smallest absolute Gasteiger partial charge is 0.148 e. The molecule has 1 rings (SSSR count). The van der Waals surface area contributed by atoms with Gasteiger partial charge in [0.2, 0.25) is 0 Å². The van der Waals surface area contributed by atoms with Crippen LogP contribution in [0.25, 0.3) is 0 Å². The van der Waals surface area contributed by atoms with Gasteiger partial charge in [-0.15, -0.1) is 0 Å². The highest BCUT2D eigenvalue weighted by Crippen LogP contribution is 2.19. The summed E-state index contributed by atoms with van der Waals surface area (Å²) in [7, 11) is -0.967. The monoisotopic (exact) mass is 250 g/mol. The first-order chi connectivity index (χ1) is 7.44. The van der Waals surface area contributed by atoms with Crippen LogP contribution in [0, 0.1) is 5.92 Å². The lowest BCUT2D eigenvalue weighted by Crippen LogP contribution is -2.45. The van der Waals surface area contributed by atoms with Crippen LogP contribution in [0.4, 0.5) is 0 Å². The van der Waals surface area contributed by atoms with Crippen molar-refractivity contribution < 1.29 is 13.2 Å². The van der Waals surface area contributed by atoms with Crippen molar-refractivity contribution >= 4 is 9.84 Å². The molecular formula is C10H22N2O3S. The summed E-state index contributed by atoms with van der Waals surface area (Å²) < 4.78 is 27.5. The number of likely N-dealkylation sites (N-methyl/N-ethyl adjacent to an activating group) is 1. The molecule has 0 aromatic rings. The molecule has 2 unspecified atom stereocenters. The van der Waals surface area contributed by atoms with E-state index in [1.807, 2.05) is 11.9 Å². The predicted octanol–water partition coefficient (Wildman–Crippen LogP) is -0.673. The Bertz CT molecular complexity index is 299. The minimum absolute atomic E-state index is 0.188. The SMILES string of the molecule is CN(CCS(C)(=O)=O)C(CN)C1CCOC1. The van der Waals surface area contributed by atoms with Crippen molar-refractivity contribution in [3.05, 3.63) is 0 Å². The van der Waals surface area contributed by atoms with Crippen LogP contribution in [0.1, 0.15) is 6.42 Å². The Hall–Kier alpha value is -0.170. The van der Waals surface area contributed by atoms with E-state index in [1.54, 1.807) is 0 Å². The second-order valence-corrected chi connectivity index (χ2v) is 6.80. The molecule has 0 amide bonds. The van der Waals surface area contributed by atoms with Gasteiger partial charge in [-0.05, 0) is 13.5 Å². The van der Waals surface area contributed by atoms with E-state index < -0.39 is 9.84 Å². The van der Waals surface area contributed by atoms with Crippen molar-refractivity contribution in [2.24, 2.45) is 11.7 Å². The Morgan fingerprint density at radius 2 is 2.25 bits per heavy atom. The molecule has 2 N–H and O–H groups in total. The molecule has 1 heterocycles. The van der Waals surface area contributed by atoms with Crippen LogP contribution in [0.2, 0.25) is 0 Å². The van der Waals surface area contributed by atoms with Gasteiger partial charge in [-0.3, -0.25) is 0 Å². The maximum atomic E-state index is 11.1. The molecule has 0 saturated carbocycles. The predicted molar refractivity (Wildman–Crippen MR) is 64.1 cm³/mol. The molecule has 96 valence electrons. The Morgan fingerprint density at radius 3 is 2.69 bits per heavy atom. The van der Waals surface area contributed by atoms with Crippen molar-refractivity contribution in [2.75, 3.05) is 45.4 Å². The van der Waals surface area contributed by atoms with Crippen LogP contribution in [-0.4, -0.2) is 64.7 Å². The van der Waals surface area contributed by atoms with Crippen molar-refractivity contribution in [3.63, 3.8) is 0 Å². The van der Waals surface area contributed by atoms with Crippen LogP contribution in [0.3, 0.4) is 0 Å². The Morgan fingerprint density at radius 1 is 1.56 bits per heavy atom. The molecule has 0 bridgehead atoms. The zero-order valence-corrected chi connectivity index (χ0v) is 10.9. The third-order valence-corrected chi connectivity index (χ3v) is 4.06. The minimum Gasteiger partial charge on any atom is -0.381 e. The molecule has 0 radical (unpaired) electrons. The van der Waals surface area contributed by atoms with Crippen LogP contribution < -0.4 is 5.73 Å². The number of sulfone groups is 1. The number of ether oxygens (including phenoxy) is 1. The normalized spacial score (nSPS) is 23.9. The molecule has 5 nitrogen and oxygen atoms in total. The van der Waals surface area contributed by atoms with Gasteiger partial charge >= 0.3 is 0 Å². The number of hydrogen-bond donors (Lipinski definition) is 1. The van der Waals surface area contributed by atoms with Gasteiger partial charge in [0.25, 0.3) is 0 Å². The zero-order chi connectivity index (χ0) is 12.2. The third-order valence-electron chi connectivity index (χ3n) is 3.13. The maximum Gasteiger partial charge on any atom is 0.148 e. The Kier molecular flexibility index (Phi) is 5.17. The van der Waals surface area contributed by atoms with Gasteiger partial charge in [-0.25, -0.2) is 8.42 Å². The first kappa shape index (κ1) is 13.9. The second kappa shape index (κ2) is 5.95. The van der Waals surface area contributed by atoms with E-state index >= 15 is 0 Å². The topological polar surface area (TPSA) is 72.6 Å². The molecule has 6 heteroatoms. The number of nitrogens with two attached hydrogens (primary N) is 1. The zero-order valence-electron chi connectivity index (χ0n) is 10.1. The Balaban J connectivity index is 2.45. The van der Waals surface area contributed by atoms with Gasteiger partial charge < -0.3 is 15.4 Å². The fraction of sp³-hybridized carbons (Fsp3) is 1.00. The van der Waals surface area contributed by atoms with Gasteiger partial charge in [-0.1, -0.05) is 0 Å². The molecule has 0 aromatic heterocycles. The van der Waals surface area contributed by atoms with E-state index in [9.17, 15) is 8.42 Å². The Labute approximate surface area is 97.9 Å². The molecule has 1 aliphatic rings. The van der Waals surface area contributed by atoms with Crippen molar-refractivity contribution in [2.45, 2.75) is 12.5 Å². The fourth-order valence-corrected chi connectivity index (χ4v) is 2.68. The summed E-state index contributed by atoms with van der Waals surface area (Å²) in [4.78, 5) is 2.04. The molecule has 0 aliphatic carbocycles. The van der Waals surface area contributed by atoms with Crippen LogP contribution in [0.5, 0.6) is 0 Å².